The Hall–Kier alpha value is -3.41. The Morgan fingerprint density at radius 3 is 2.63 bits per heavy atom. The average Bonchev–Trinajstić information content (AvgIpc) is 3.33. The SMILES string of the molecule is O=C1C=c2ccccc2=c2c(O)cc3c(c2C1)COC(c1ccc(OCCN2CCCC2)cc1)C=3. The Balaban J connectivity index is 1.30. The summed E-state index contributed by atoms with van der Waals surface area (Å²) in [5.41, 5.74) is 2.88. The van der Waals surface area contributed by atoms with Gasteiger partial charge in [0.2, 0.25) is 0 Å². The van der Waals surface area contributed by atoms with Gasteiger partial charge in [-0.3, -0.25) is 9.69 Å². The number of ether oxygens (including phenoxy) is 2. The van der Waals surface area contributed by atoms with Crippen LogP contribution in [0.15, 0.2) is 54.6 Å². The zero-order chi connectivity index (χ0) is 23.8. The third-order valence-electron chi connectivity index (χ3n) is 7.28. The van der Waals surface area contributed by atoms with Gasteiger partial charge in [-0.15, -0.1) is 0 Å². The number of rotatable bonds is 5. The van der Waals surface area contributed by atoms with E-state index in [1.165, 1.54) is 25.9 Å². The van der Waals surface area contributed by atoms with E-state index < -0.39 is 0 Å². The Labute approximate surface area is 204 Å². The van der Waals surface area contributed by atoms with Gasteiger partial charge in [-0.2, -0.15) is 0 Å². The van der Waals surface area contributed by atoms with E-state index in [2.05, 4.69) is 4.90 Å². The molecule has 5 nitrogen and oxygen atoms in total. The lowest BCUT2D eigenvalue weighted by atomic mass is 9.94. The van der Waals surface area contributed by atoms with Crippen molar-refractivity contribution in [1.29, 1.82) is 0 Å². The smallest absolute Gasteiger partial charge is 0.160 e. The van der Waals surface area contributed by atoms with Crippen molar-refractivity contribution in [2.75, 3.05) is 26.2 Å². The molecule has 2 heterocycles. The molecule has 178 valence electrons. The van der Waals surface area contributed by atoms with E-state index in [1.807, 2.05) is 60.7 Å². The number of likely N-dealkylation sites (tertiary alicyclic amines) is 1. The number of benzene rings is 3. The van der Waals surface area contributed by atoms with Crippen LogP contribution in [0, 0.1) is 10.4 Å². The Morgan fingerprint density at radius 2 is 1.80 bits per heavy atom. The normalized spacial score (nSPS) is 19.1. The summed E-state index contributed by atoms with van der Waals surface area (Å²) in [5.74, 6) is 1.10. The van der Waals surface area contributed by atoms with Gasteiger partial charge < -0.3 is 14.6 Å². The highest BCUT2D eigenvalue weighted by Gasteiger charge is 2.22. The molecule has 0 saturated carbocycles. The van der Waals surface area contributed by atoms with E-state index in [0.717, 1.165) is 49.9 Å². The summed E-state index contributed by atoms with van der Waals surface area (Å²) >= 11 is 0. The molecule has 0 bridgehead atoms. The molecule has 5 heteroatoms. The maximum absolute atomic E-state index is 12.7. The van der Waals surface area contributed by atoms with Crippen molar-refractivity contribution in [3.8, 4) is 11.5 Å². The van der Waals surface area contributed by atoms with Crippen molar-refractivity contribution in [1.82, 2.24) is 4.90 Å². The van der Waals surface area contributed by atoms with E-state index in [4.69, 9.17) is 9.47 Å². The second-order valence-corrected chi connectivity index (χ2v) is 9.56. The van der Waals surface area contributed by atoms with Gasteiger partial charge in [0.25, 0.3) is 0 Å². The fourth-order valence-electron chi connectivity index (χ4n) is 5.48. The zero-order valence-corrected chi connectivity index (χ0v) is 19.7. The average molecular weight is 468 g/mol. The number of hydrogen-bond acceptors (Lipinski definition) is 5. The zero-order valence-electron chi connectivity index (χ0n) is 19.7. The molecule has 0 aromatic heterocycles. The summed E-state index contributed by atoms with van der Waals surface area (Å²) < 4.78 is 12.2. The van der Waals surface area contributed by atoms with Crippen LogP contribution in [0.1, 0.15) is 35.6 Å². The number of carbonyl (C=O) groups excluding carboxylic acids is 1. The first-order chi connectivity index (χ1) is 17.2. The van der Waals surface area contributed by atoms with Crippen LogP contribution in [0.5, 0.6) is 11.5 Å². The predicted molar refractivity (Wildman–Crippen MR) is 134 cm³/mol. The first-order valence-corrected chi connectivity index (χ1v) is 12.4. The second kappa shape index (κ2) is 9.33. The van der Waals surface area contributed by atoms with E-state index >= 15 is 0 Å². The summed E-state index contributed by atoms with van der Waals surface area (Å²) in [4.78, 5) is 15.1. The van der Waals surface area contributed by atoms with E-state index in [9.17, 15) is 9.90 Å². The molecular weight excluding hydrogens is 438 g/mol. The molecule has 1 unspecified atom stereocenters. The molecule has 1 N–H and O–H groups in total. The van der Waals surface area contributed by atoms with Gasteiger partial charge in [0.15, 0.2) is 5.78 Å². The standard InChI is InChI=1S/C30H29NO4/c32-23-15-21-5-1-2-6-25(21)30-26(18-23)27-19-35-29(17-22(27)16-28(30)33)20-7-9-24(10-8-20)34-14-13-31-11-3-4-12-31/h1-2,5-10,15-17,29,33H,3-4,11-14,18-19H2. The van der Waals surface area contributed by atoms with Crippen LogP contribution in [-0.2, 0) is 22.6 Å². The van der Waals surface area contributed by atoms with Crippen LogP contribution >= 0.6 is 0 Å². The topological polar surface area (TPSA) is 59.0 Å². The number of phenolic OH excluding ortho intramolecular Hbond substituents is 1. The van der Waals surface area contributed by atoms with Crippen LogP contribution in [0.3, 0.4) is 0 Å². The third kappa shape index (κ3) is 4.38. The first kappa shape index (κ1) is 22.1. The maximum atomic E-state index is 12.7. The van der Waals surface area contributed by atoms with Crippen LogP contribution in [0.4, 0.5) is 0 Å². The van der Waals surface area contributed by atoms with Crippen molar-refractivity contribution in [2.45, 2.75) is 32.0 Å². The highest BCUT2D eigenvalue weighted by Crippen LogP contribution is 2.29. The summed E-state index contributed by atoms with van der Waals surface area (Å²) in [6, 6.07) is 17.6. The van der Waals surface area contributed by atoms with E-state index in [-0.39, 0.29) is 24.1 Å². The molecule has 2 aliphatic heterocycles. The van der Waals surface area contributed by atoms with Crippen molar-refractivity contribution in [2.24, 2.45) is 0 Å². The van der Waals surface area contributed by atoms with Crippen molar-refractivity contribution < 1.29 is 19.4 Å². The number of fused-ring (bicyclic) bond motifs is 4. The lowest BCUT2D eigenvalue weighted by molar-refractivity contribution is -0.112. The second-order valence-electron chi connectivity index (χ2n) is 9.56. The largest absolute Gasteiger partial charge is 0.507 e. The lowest BCUT2D eigenvalue weighted by Crippen LogP contribution is -2.25. The van der Waals surface area contributed by atoms with Crippen molar-refractivity contribution in [3.05, 3.63) is 92.2 Å². The Kier molecular flexibility index (Phi) is 5.88. The molecule has 1 fully saturated rings. The minimum absolute atomic E-state index is 0.0337. The summed E-state index contributed by atoms with van der Waals surface area (Å²) in [5, 5.41) is 14.4. The van der Waals surface area contributed by atoms with Crippen LogP contribution in [-0.4, -0.2) is 42.0 Å². The number of aromatic hydroxyl groups is 1. The minimum Gasteiger partial charge on any atom is -0.507 e. The van der Waals surface area contributed by atoms with Crippen molar-refractivity contribution >= 4 is 17.9 Å². The van der Waals surface area contributed by atoms with Crippen LogP contribution in [0.2, 0.25) is 0 Å². The maximum Gasteiger partial charge on any atom is 0.160 e. The lowest BCUT2D eigenvalue weighted by Gasteiger charge is -2.23. The van der Waals surface area contributed by atoms with Gasteiger partial charge in [-0.25, -0.2) is 0 Å². The van der Waals surface area contributed by atoms with Crippen LogP contribution < -0.4 is 15.2 Å². The van der Waals surface area contributed by atoms with Gasteiger partial charge >= 0.3 is 0 Å². The molecule has 0 spiro atoms. The van der Waals surface area contributed by atoms with Gasteiger partial charge in [0, 0.05) is 18.2 Å². The van der Waals surface area contributed by atoms with E-state index in [1.54, 1.807) is 6.08 Å². The fourth-order valence-corrected chi connectivity index (χ4v) is 5.48. The number of ketones is 1. The molecule has 35 heavy (non-hydrogen) atoms. The fraction of sp³-hybridized carbons (Fsp3) is 0.300. The van der Waals surface area contributed by atoms with Gasteiger partial charge in [-0.05, 0) is 88.6 Å². The summed E-state index contributed by atoms with van der Waals surface area (Å²) in [6.45, 7) is 4.41. The number of nitrogens with zero attached hydrogens (tertiary/aromatic N) is 1. The quantitative estimate of drug-likeness (QED) is 0.625. The summed E-state index contributed by atoms with van der Waals surface area (Å²) in [7, 11) is 0. The molecule has 3 aromatic rings. The third-order valence-corrected chi connectivity index (χ3v) is 7.28. The Morgan fingerprint density at radius 1 is 1.00 bits per heavy atom. The summed E-state index contributed by atoms with van der Waals surface area (Å²) in [6.07, 6.45) is 6.32. The van der Waals surface area contributed by atoms with Gasteiger partial charge in [0.05, 0.1) is 6.61 Å². The molecule has 3 aromatic carbocycles. The van der Waals surface area contributed by atoms with E-state index in [0.29, 0.717) is 13.2 Å². The van der Waals surface area contributed by atoms with Crippen LogP contribution in [0.25, 0.3) is 12.2 Å². The molecule has 1 atom stereocenters. The van der Waals surface area contributed by atoms with Gasteiger partial charge in [-0.1, -0.05) is 36.4 Å². The van der Waals surface area contributed by atoms with Gasteiger partial charge in [0.1, 0.15) is 24.2 Å². The molecule has 1 saturated heterocycles. The molecule has 0 radical (unpaired) electrons. The molecule has 6 rings (SSSR count). The van der Waals surface area contributed by atoms with Crippen molar-refractivity contribution in [3.63, 3.8) is 0 Å². The number of Topliss-reactive ketones (excluding diaryl/α,β-unsaturated/α-hetero) is 1. The predicted octanol–water partition coefficient (Wildman–Crippen LogP) is 3.11. The molecular formula is C30H29NO4. The Bertz CT molecular complexity index is 1490. The monoisotopic (exact) mass is 467 g/mol. The first-order valence-electron chi connectivity index (χ1n) is 12.4. The highest BCUT2D eigenvalue weighted by atomic mass is 16.5. The molecule has 0 amide bonds. The number of hydrogen-bond donors (Lipinski definition) is 1. The highest BCUT2D eigenvalue weighted by molar-refractivity contribution is 6.07. The number of carbonyl (C=O) groups is 1. The minimum atomic E-state index is -0.223. The molecule has 3 aliphatic rings. The molecule has 1 aliphatic carbocycles. The number of phenols is 1.